The highest BCUT2D eigenvalue weighted by atomic mass is 79.9. The van der Waals surface area contributed by atoms with Crippen molar-refractivity contribution < 1.29 is 23.8 Å². The standard InChI is InChI=1S/C21H22BrN3O6S/c1-2-31-20(26)14-32(30)19-8-3-15(13-18(19)25(28)29)21(27)24-11-9-23(10-12-24)17-6-4-16(22)5-7-17/h3-8,13H,2,9-12,14H2,1H3. The number of nitrogens with zero attached hydrogens (tertiary/aromatic N) is 3. The molecular formula is C21H22BrN3O6S. The molecule has 0 bridgehead atoms. The fourth-order valence-electron chi connectivity index (χ4n) is 3.38. The van der Waals surface area contributed by atoms with Gasteiger partial charge in [-0.05, 0) is 37.3 Å². The molecule has 32 heavy (non-hydrogen) atoms. The lowest BCUT2D eigenvalue weighted by Crippen LogP contribution is -2.48. The molecule has 9 nitrogen and oxygen atoms in total. The predicted molar refractivity (Wildman–Crippen MR) is 123 cm³/mol. The van der Waals surface area contributed by atoms with E-state index in [0.717, 1.165) is 16.2 Å². The SMILES string of the molecule is CCOC(=O)C[S+]([O-])c1ccc(C(=O)N2CCN(c3ccc(Br)cc3)CC2)cc1[N+](=O)[O-]. The highest BCUT2D eigenvalue weighted by Gasteiger charge is 2.30. The van der Waals surface area contributed by atoms with Crippen molar-refractivity contribution in [3.05, 3.63) is 62.6 Å². The normalized spacial score (nSPS) is 14.7. The first-order chi connectivity index (χ1) is 15.3. The van der Waals surface area contributed by atoms with E-state index in [0.29, 0.717) is 26.2 Å². The maximum absolute atomic E-state index is 12.9. The number of hydrogen-bond acceptors (Lipinski definition) is 7. The van der Waals surface area contributed by atoms with Crippen molar-refractivity contribution in [2.75, 3.05) is 43.4 Å². The molecule has 1 fully saturated rings. The Bertz CT molecular complexity index is 996. The van der Waals surface area contributed by atoms with E-state index in [1.54, 1.807) is 11.8 Å². The maximum atomic E-state index is 12.9. The largest absolute Gasteiger partial charge is 0.611 e. The number of ether oxygens (including phenoxy) is 1. The van der Waals surface area contributed by atoms with E-state index < -0.39 is 33.5 Å². The van der Waals surface area contributed by atoms with Gasteiger partial charge < -0.3 is 19.1 Å². The fraction of sp³-hybridized carbons (Fsp3) is 0.333. The zero-order chi connectivity index (χ0) is 23.3. The summed E-state index contributed by atoms with van der Waals surface area (Å²) in [6, 6.07) is 11.7. The quantitative estimate of drug-likeness (QED) is 0.237. The van der Waals surface area contributed by atoms with Gasteiger partial charge in [0.15, 0.2) is 0 Å². The third kappa shape index (κ3) is 5.78. The Hall–Kier alpha value is -2.63. The Morgan fingerprint density at radius 2 is 1.78 bits per heavy atom. The van der Waals surface area contributed by atoms with Crippen LogP contribution in [0.3, 0.4) is 0 Å². The number of piperazine rings is 1. The molecule has 0 saturated carbocycles. The molecule has 2 aromatic rings. The molecule has 1 heterocycles. The smallest absolute Gasteiger partial charge is 0.356 e. The van der Waals surface area contributed by atoms with Gasteiger partial charge >= 0.3 is 11.7 Å². The Balaban J connectivity index is 1.70. The average Bonchev–Trinajstić information content (AvgIpc) is 2.79. The molecule has 2 aromatic carbocycles. The molecule has 1 aliphatic heterocycles. The van der Waals surface area contributed by atoms with E-state index in [4.69, 9.17) is 4.74 Å². The van der Waals surface area contributed by atoms with Gasteiger partial charge in [0.25, 0.3) is 5.91 Å². The molecule has 0 radical (unpaired) electrons. The zero-order valence-corrected chi connectivity index (χ0v) is 19.8. The van der Waals surface area contributed by atoms with Crippen LogP contribution >= 0.6 is 15.9 Å². The van der Waals surface area contributed by atoms with E-state index in [1.165, 1.54) is 12.1 Å². The predicted octanol–water partition coefficient (Wildman–Crippen LogP) is 2.99. The van der Waals surface area contributed by atoms with Crippen molar-refractivity contribution in [2.45, 2.75) is 11.8 Å². The molecule has 1 unspecified atom stereocenters. The molecular weight excluding hydrogens is 502 g/mol. The number of carbonyl (C=O) groups excluding carboxylic acids is 2. The Morgan fingerprint density at radius 3 is 2.38 bits per heavy atom. The number of nitro groups is 1. The summed E-state index contributed by atoms with van der Waals surface area (Å²) in [5, 5.41) is 11.5. The van der Waals surface area contributed by atoms with Crippen LogP contribution in [0.25, 0.3) is 0 Å². The Kier molecular flexibility index (Phi) is 8.10. The van der Waals surface area contributed by atoms with Crippen LogP contribution in [0.2, 0.25) is 0 Å². The molecule has 1 saturated heterocycles. The van der Waals surface area contributed by atoms with Gasteiger partial charge in [-0.2, -0.15) is 0 Å². The number of benzene rings is 2. The van der Waals surface area contributed by atoms with Gasteiger partial charge in [0.05, 0.1) is 11.5 Å². The second-order valence-corrected chi connectivity index (χ2v) is 9.33. The molecule has 0 aromatic heterocycles. The third-order valence-corrected chi connectivity index (χ3v) is 6.82. The molecule has 11 heteroatoms. The number of anilines is 1. The van der Waals surface area contributed by atoms with E-state index in [9.17, 15) is 24.3 Å². The lowest BCUT2D eigenvalue weighted by Gasteiger charge is -2.36. The molecule has 1 amide bonds. The van der Waals surface area contributed by atoms with Crippen LogP contribution in [0.15, 0.2) is 51.8 Å². The van der Waals surface area contributed by atoms with Crippen LogP contribution < -0.4 is 4.90 Å². The summed E-state index contributed by atoms with van der Waals surface area (Å²) >= 11 is 1.46. The summed E-state index contributed by atoms with van der Waals surface area (Å²) in [5.41, 5.74) is 0.752. The first kappa shape index (κ1) is 24.0. The summed E-state index contributed by atoms with van der Waals surface area (Å²) in [6.07, 6.45) is 0. The van der Waals surface area contributed by atoms with Crippen LogP contribution in [-0.2, 0) is 20.7 Å². The molecule has 1 atom stereocenters. The first-order valence-electron chi connectivity index (χ1n) is 9.92. The van der Waals surface area contributed by atoms with E-state index in [1.807, 2.05) is 24.3 Å². The second kappa shape index (κ2) is 10.8. The van der Waals surface area contributed by atoms with E-state index in [2.05, 4.69) is 20.8 Å². The third-order valence-electron chi connectivity index (χ3n) is 4.96. The van der Waals surface area contributed by atoms with Gasteiger partial charge in [-0.25, -0.2) is 4.79 Å². The number of hydrogen-bond donors (Lipinski definition) is 0. The molecule has 3 rings (SSSR count). The van der Waals surface area contributed by atoms with Gasteiger partial charge in [0.2, 0.25) is 10.6 Å². The minimum absolute atomic E-state index is 0.111. The van der Waals surface area contributed by atoms with Crippen LogP contribution in [0.4, 0.5) is 11.4 Å². The second-order valence-electron chi connectivity index (χ2n) is 6.99. The molecule has 0 N–H and O–H groups in total. The average molecular weight is 524 g/mol. The highest BCUT2D eigenvalue weighted by molar-refractivity contribution is 9.10. The van der Waals surface area contributed by atoms with Crippen LogP contribution in [0.1, 0.15) is 17.3 Å². The molecule has 0 aliphatic carbocycles. The van der Waals surface area contributed by atoms with Gasteiger partial charge in [-0.15, -0.1) is 0 Å². The van der Waals surface area contributed by atoms with Crippen LogP contribution in [0, 0.1) is 10.1 Å². The number of esters is 1. The van der Waals surface area contributed by atoms with Crippen molar-refractivity contribution >= 4 is 50.4 Å². The summed E-state index contributed by atoms with van der Waals surface area (Å²) in [7, 11) is 0. The summed E-state index contributed by atoms with van der Waals surface area (Å²) in [4.78, 5) is 39.1. The number of rotatable bonds is 7. The molecule has 1 aliphatic rings. The van der Waals surface area contributed by atoms with Crippen molar-refractivity contribution in [1.82, 2.24) is 4.90 Å². The Morgan fingerprint density at radius 1 is 1.12 bits per heavy atom. The number of halogens is 1. The maximum Gasteiger partial charge on any atom is 0.356 e. The van der Waals surface area contributed by atoms with Crippen molar-refractivity contribution in [2.24, 2.45) is 0 Å². The lowest BCUT2D eigenvalue weighted by molar-refractivity contribution is -0.387. The summed E-state index contributed by atoms with van der Waals surface area (Å²) in [5.74, 6) is -1.52. The van der Waals surface area contributed by atoms with E-state index >= 15 is 0 Å². The van der Waals surface area contributed by atoms with Crippen molar-refractivity contribution in [3.8, 4) is 0 Å². The molecule has 170 valence electrons. The van der Waals surface area contributed by atoms with Crippen LogP contribution in [-0.4, -0.2) is 64.8 Å². The number of amides is 1. The van der Waals surface area contributed by atoms with Crippen molar-refractivity contribution in [3.63, 3.8) is 0 Å². The number of nitro benzene ring substituents is 1. The monoisotopic (exact) mass is 523 g/mol. The van der Waals surface area contributed by atoms with Gasteiger partial charge in [0, 0.05) is 65.2 Å². The number of carbonyl (C=O) groups is 2. The minimum atomic E-state index is -1.95. The zero-order valence-electron chi connectivity index (χ0n) is 17.4. The van der Waals surface area contributed by atoms with Gasteiger partial charge in [-0.3, -0.25) is 14.9 Å². The van der Waals surface area contributed by atoms with Gasteiger partial charge in [0.1, 0.15) is 0 Å². The summed E-state index contributed by atoms with van der Waals surface area (Å²) < 4.78 is 18.2. The van der Waals surface area contributed by atoms with Crippen molar-refractivity contribution in [1.29, 1.82) is 0 Å². The summed E-state index contributed by atoms with van der Waals surface area (Å²) in [6.45, 7) is 3.95. The first-order valence-corrected chi connectivity index (χ1v) is 12.0. The van der Waals surface area contributed by atoms with Crippen LogP contribution in [0.5, 0.6) is 0 Å². The lowest BCUT2D eigenvalue weighted by atomic mass is 10.1. The highest BCUT2D eigenvalue weighted by Crippen LogP contribution is 2.27. The minimum Gasteiger partial charge on any atom is -0.611 e. The van der Waals surface area contributed by atoms with Gasteiger partial charge in [-0.1, -0.05) is 15.9 Å². The van der Waals surface area contributed by atoms with E-state index in [-0.39, 0.29) is 23.0 Å². The fourth-order valence-corrected chi connectivity index (χ4v) is 4.68. The Labute approximate surface area is 196 Å². The molecule has 0 spiro atoms. The topological polar surface area (TPSA) is 116 Å².